The molecule has 0 aliphatic rings. The van der Waals surface area contributed by atoms with E-state index in [1.54, 1.807) is 0 Å². The first kappa shape index (κ1) is 19.9. The maximum absolute atomic E-state index is 11.7. The van der Waals surface area contributed by atoms with Gasteiger partial charge in [-0.05, 0) is 31.6 Å². The van der Waals surface area contributed by atoms with Crippen molar-refractivity contribution in [3.63, 3.8) is 0 Å². The summed E-state index contributed by atoms with van der Waals surface area (Å²) in [5.41, 5.74) is 0. The number of ether oxygens (including phenoxy) is 2. The Morgan fingerprint density at radius 1 is 0.952 bits per heavy atom. The van der Waals surface area contributed by atoms with Crippen LogP contribution in [0.1, 0.15) is 79.1 Å². The van der Waals surface area contributed by atoms with Crippen LogP contribution in [0.5, 0.6) is 0 Å². The van der Waals surface area contributed by atoms with Crippen molar-refractivity contribution in [2.75, 3.05) is 6.61 Å². The molecule has 0 saturated heterocycles. The standard InChI is InChI=1S/C17H32O4/c1-5-7-10-15(6-2)21-17(19)12-9-8-11-16(18)20-13-14(3)4/h14-15H,5-13H2,1-4H3. The van der Waals surface area contributed by atoms with Crippen molar-refractivity contribution >= 4 is 11.9 Å². The molecule has 21 heavy (non-hydrogen) atoms. The Balaban J connectivity index is 3.66. The average Bonchev–Trinajstić information content (AvgIpc) is 2.45. The van der Waals surface area contributed by atoms with Gasteiger partial charge in [0.25, 0.3) is 0 Å². The molecule has 0 radical (unpaired) electrons. The van der Waals surface area contributed by atoms with Crippen molar-refractivity contribution in [3.05, 3.63) is 0 Å². The maximum atomic E-state index is 11.7. The molecule has 0 aromatic rings. The lowest BCUT2D eigenvalue weighted by atomic mass is 10.1. The topological polar surface area (TPSA) is 52.6 Å². The van der Waals surface area contributed by atoms with Crippen LogP contribution in [0.4, 0.5) is 0 Å². The molecule has 0 fully saturated rings. The lowest BCUT2D eigenvalue weighted by Crippen LogP contribution is -2.17. The fourth-order valence-electron chi connectivity index (χ4n) is 1.89. The molecule has 4 nitrogen and oxygen atoms in total. The van der Waals surface area contributed by atoms with Gasteiger partial charge in [-0.2, -0.15) is 0 Å². The first-order valence-electron chi connectivity index (χ1n) is 8.34. The van der Waals surface area contributed by atoms with Crippen LogP contribution >= 0.6 is 0 Å². The molecule has 0 amide bonds. The Labute approximate surface area is 129 Å². The van der Waals surface area contributed by atoms with Crippen LogP contribution in [0.3, 0.4) is 0 Å². The monoisotopic (exact) mass is 300 g/mol. The molecule has 1 atom stereocenters. The summed E-state index contributed by atoms with van der Waals surface area (Å²) >= 11 is 0. The molecule has 1 unspecified atom stereocenters. The highest BCUT2D eigenvalue weighted by Gasteiger charge is 2.12. The van der Waals surface area contributed by atoms with Gasteiger partial charge in [-0.3, -0.25) is 9.59 Å². The Hall–Kier alpha value is -1.06. The van der Waals surface area contributed by atoms with Crippen LogP contribution < -0.4 is 0 Å². The second-order valence-corrected chi connectivity index (χ2v) is 5.95. The number of unbranched alkanes of at least 4 members (excludes halogenated alkanes) is 2. The molecule has 0 rings (SSSR count). The fraction of sp³-hybridized carbons (Fsp3) is 0.882. The summed E-state index contributed by atoms with van der Waals surface area (Å²) in [6, 6.07) is 0. The van der Waals surface area contributed by atoms with Gasteiger partial charge < -0.3 is 9.47 Å². The van der Waals surface area contributed by atoms with Gasteiger partial charge in [0.1, 0.15) is 6.10 Å². The zero-order valence-corrected chi connectivity index (χ0v) is 14.2. The smallest absolute Gasteiger partial charge is 0.306 e. The SMILES string of the molecule is CCCCC(CC)OC(=O)CCCCC(=O)OCC(C)C. The van der Waals surface area contributed by atoms with E-state index in [4.69, 9.17) is 9.47 Å². The Kier molecular flexibility index (Phi) is 12.0. The van der Waals surface area contributed by atoms with Gasteiger partial charge in [0.15, 0.2) is 0 Å². The number of hydrogen-bond donors (Lipinski definition) is 0. The lowest BCUT2D eigenvalue weighted by molar-refractivity contribution is -0.150. The van der Waals surface area contributed by atoms with E-state index in [9.17, 15) is 9.59 Å². The fourth-order valence-corrected chi connectivity index (χ4v) is 1.89. The third-order valence-electron chi connectivity index (χ3n) is 3.22. The third-order valence-corrected chi connectivity index (χ3v) is 3.22. The van der Waals surface area contributed by atoms with Crippen LogP contribution in [-0.4, -0.2) is 24.6 Å². The van der Waals surface area contributed by atoms with E-state index < -0.39 is 0 Å². The Morgan fingerprint density at radius 2 is 1.57 bits per heavy atom. The highest BCUT2D eigenvalue weighted by Crippen LogP contribution is 2.11. The Bertz CT molecular complexity index is 287. The van der Waals surface area contributed by atoms with Gasteiger partial charge in [0.05, 0.1) is 6.61 Å². The second-order valence-electron chi connectivity index (χ2n) is 5.95. The van der Waals surface area contributed by atoms with E-state index in [0.29, 0.717) is 38.2 Å². The van der Waals surface area contributed by atoms with Gasteiger partial charge in [-0.25, -0.2) is 0 Å². The minimum Gasteiger partial charge on any atom is -0.465 e. The van der Waals surface area contributed by atoms with Crippen LogP contribution in [0.15, 0.2) is 0 Å². The summed E-state index contributed by atoms with van der Waals surface area (Å²) in [6.45, 7) is 8.65. The summed E-state index contributed by atoms with van der Waals surface area (Å²) in [5.74, 6) is 0.0398. The molecule has 0 bridgehead atoms. The highest BCUT2D eigenvalue weighted by atomic mass is 16.5. The van der Waals surface area contributed by atoms with E-state index in [2.05, 4.69) is 6.92 Å². The van der Waals surface area contributed by atoms with Crippen molar-refractivity contribution in [3.8, 4) is 0 Å². The van der Waals surface area contributed by atoms with E-state index in [-0.39, 0.29) is 18.0 Å². The number of rotatable bonds is 12. The second kappa shape index (κ2) is 12.7. The van der Waals surface area contributed by atoms with Crippen molar-refractivity contribution < 1.29 is 19.1 Å². The van der Waals surface area contributed by atoms with Gasteiger partial charge in [0.2, 0.25) is 0 Å². The zero-order chi connectivity index (χ0) is 16.1. The van der Waals surface area contributed by atoms with Gasteiger partial charge in [-0.15, -0.1) is 0 Å². The average molecular weight is 300 g/mol. The number of hydrogen-bond acceptors (Lipinski definition) is 4. The lowest BCUT2D eigenvalue weighted by Gasteiger charge is -2.15. The summed E-state index contributed by atoms with van der Waals surface area (Å²) in [5, 5.41) is 0. The molecular formula is C17H32O4. The van der Waals surface area contributed by atoms with Crippen LogP contribution in [0, 0.1) is 5.92 Å². The van der Waals surface area contributed by atoms with Crippen LogP contribution in [0.2, 0.25) is 0 Å². The quantitative estimate of drug-likeness (QED) is 0.399. The van der Waals surface area contributed by atoms with Crippen molar-refractivity contribution in [1.29, 1.82) is 0 Å². The summed E-state index contributed by atoms with van der Waals surface area (Å²) < 4.78 is 10.5. The molecule has 0 N–H and O–H groups in total. The molecule has 0 aromatic carbocycles. The third kappa shape index (κ3) is 12.4. The Morgan fingerprint density at radius 3 is 2.10 bits per heavy atom. The van der Waals surface area contributed by atoms with Crippen LogP contribution in [0.25, 0.3) is 0 Å². The van der Waals surface area contributed by atoms with Gasteiger partial charge in [-0.1, -0.05) is 40.5 Å². The first-order chi connectivity index (χ1) is 9.99. The van der Waals surface area contributed by atoms with E-state index in [0.717, 1.165) is 25.7 Å². The molecule has 0 aromatic heterocycles. The number of carbonyl (C=O) groups excluding carboxylic acids is 2. The molecule has 124 valence electrons. The minimum atomic E-state index is -0.175. The molecule has 0 heterocycles. The van der Waals surface area contributed by atoms with Crippen molar-refractivity contribution in [1.82, 2.24) is 0 Å². The normalized spacial score (nSPS) is 12.2. The van der Waals surface area contributed by atoms with E-state index in [1.165, 1.54) is 0 Å². The summed E-state index contributed by atoms with van der Waals surface area (Å²) in [7, 11) is 0. The highest BCUT2D eigenvalue weighted by molar-refractivity contribution is 5.70. The maximum Gasteiger partial charge on any atom is 0.306 e. The minimum absolute atomic E-state index is 0.0495. The summed E-state index contributed by atoms with van der Waals surface area (Å²) in [6.07, 6.45) is 6.20. The van der Waals surface area contributed by atoms with Gasteiger partial charge >= 0.3 is 11.9 Å². The van der Waals surface area contributed by atoms with Crippen LogP contribution in [-0.2, 0) is 19.1 Å². The molecule has 4 heteroatoms. The number of carbonyl (C=O) groups is 2. The van der Waals surface area contributed by atoms with E-state index >= 15 is 0 Å². The zero-order valence-electron chi connectivity index (χ0n) is 14.2. The molecule has 0 spiro atoms. The molecule has 0 aliphatic carbocycles. The molecule has 0 saturated carbocycles. The molecule has 0 aliphatic heterocycles. The number of esters is 2. The largest absolute Gasteiger partial charge is 0.465 e. The van der Waals surface area contributed by atoms with Crippen molar-refractivity contribution in [2.24, 2.45) is 5.92 Å². The molecular weight excluding hydrogens is 268 g/mol. The summed E-state index contributed by atoms with van der Waals surface area (Å²) in [4.78, 5) is 23.1. The predicted octanol–water partition coefficient (Wildman–Crippen LogP) is 4.26. The van der Waals surface area contributed by atoms with Crippen molar-refractivity contribution in [2.45, 2.75) is 85.2 Å². The van der Waals surface area contributed by atoms with Gasteiger partial charge in [0, 0.05) is 12.8 Å². The van der Waals surface area contributed by atoms with E-state index in [1.807, 2.05) is 20.8 Å². The first-order valence-corrected chi connectivity index (χ1v) is 8.34. The predicted molar refractivity (Wildman–Crippen MR) is 84.0 cm³/mol.